The number of rotatable bonds is 5. The SMILES string of the molecule is CC(C)Cc1noc(CN2C(C)CCCC2CO)n1. The number of nitrogens with zero attached hydrogens (tertiary/aromatic N) is 3. The van der Waals surface area contributed by atoms with E-state index >= 15 is 0 Å². The second kappa shape index (κ2) is 6.48. The molecule has 1 N–H and O–H groups in total. The van der Waals surface area contributed by atoms with Crippen molar-refractivity contribution in [1.29, 1.82) is 0 Å². The van der Waals surface area contributed by atoms with Crippen molar-refractivity contribution in [3.05, 3.63) is 11.7 Å². The van der Waals surface area contributed by atoms with Gasteiger partial charge in [0.15, 0.2) is 5.82 Å². The predicted molar refractivity (Wildman–Crippen MR) is 72.6 cm³/mol. The largest absolute Gasteiger partial charge is 0.395 e. The number of hydrogen-bond acceptors (Lipinski definition) is 5. The van der Waals surface area contributed by atoms with Crippen LogP contribution in [0.5, 0.6) is 0 Å². The molecule has 0 bridgehead atoms. The van der Waals surface area contributed by atoms with Crippen molar-refractivity contribution in [2.24, 2.45) is 5.92 Å². The molecule has 19 heavy (non-hydrogen) atoms. The highest BCUT2D eigenvalue weighted by atomic mass is 16.5. The summed E-state index contributed by atoms with van der Waals surface area (Å²) in [6, 6.07) is 0.690. The highest BCUT2D eigenvalue weighted by Gasteiger charge is 2.28. The molecule has 0 aliphatic carbocycles. The van der Waals surface area contributed by atoms with Gasteiger partial charge in [0.1, 0.15) is 0 Å². The molecule has 2 rings (SSSR count). The number of aliphatic hydroxyl groups excluding tert-OH is 1. The third-order valence-electron chi connectivity index (χ3n) is 3.82. The van der Waals surface area contributed by atoms with Crippen LogP contribution in [0.1, 0.15) is 51.7 Å². The molecule has 1 fully saturated rings. The lowest BCUT2D eigenvalue weighted by molar-refractivity contribution is 0.0370. The summed E-state index contributed by atoms with van der Waals surface area (Å²) in [4.78, 5) is 6.73. The monoisotopic (exact) mass is 267 g/mol. The van der Waals surface area contributed by atoms with Crippen molar-refractivity contribution in [1.82, 2.24) is 15.0 Å². The molecule has 2 heterocycles. The van der Waals surface area contributed by atoms with Gasteiger partial charge in [0, 0.05) is 18.5 Å². The lowest BCUT2D eigenvalue weighted by Crippen LogP contribution is -2.46. The molecule has 0 radical (unpaired) electrons. The summed E-state index contributed by atoms with van der Waals surface area (Å²) in [6.07, 6.45) is 4.26. The van der Waals surface area contributed by atoms with E-state index in [0.717, 1.165) is 18.7 Å². The van der Waals surface area contributed by atoms with Crippen molar-refractivity contribution < 1.29 is 9.63 Å². The van der Waals surface area contributed by atoms with E-state index in [1.165, 1.54) is 12.8 Å². The van der Waals surface area contributed by atoms with Gasteiger partial charge >= 0.3 is 0 Å². The van der Waals surface area contributed by atoms with Gasteiger partial charge in [-0.1, -0.05) is 25.4 Å². The first-order valence-electron chi connectivity index (χ1n) is 7.28. The standard InChI is InChI=1S/C14H25N3O2/c1-10(2)7-13-15-14(19-16-13)8-17-11(3)5-4-6-12(17)9-18/h10-12,18H,4-9H2,1-3H3. The number of aliphatic hydroxyl groups is 1. The van der Waals surface area contributed by atoms with E-state index in [0.29, 0.717) is 24.4 Å². The van der Waals surface area contributed by atoms with Crippen LogP contribution in [0.25, 0.3) is 0 Å². The molecule has 1 aromatic heterocycles. The van der Waals surface area contributed by atoms with Crippen LogP contribution in [-0.4, -0.2) is 38.8 Å². The number of piperidine rings is 1. The molecule has 0 saturated carbocycles. The topological polar surface area (TPSA) is 62.4 Å². The molecule has 2 unspecified atom stereocenters. The van der Waals surface area contributed by atoms with Gasteiger partial charge in [0.05, 0.1) is 13.2 Å². The predicted octanol–water partition coefficient (Wildman–Crippen LogP) is 2.00. The third-order valence-corrected chi connectivity index (χ3v) is 3.82. The fourth-order valence-corrected chi connectivity index (χ4v) is 2.78. The molecule has 2 atom stereocenters. The summed E-state index contributed by atoms with van der Waals surface area (Å²) in [7, 11) is 0. The van der Waals surface area contributed by atoms with Crippen LogP contribution < -0.4 is 0 Å². The molecular formula is C14H25N3O2. The van der Waals surface area contributed by atoms with E-state index in [-0.39, 0.29) is 12.6 Å². The Hall–Kier alpha value is -0.940. The molecule has 5 heteroatoms. The van der Waals surface area contributed by atoms with Crippen LogP contribution in [0.2, 0.25) is 0 Å². The Morgan fingerprint density at radius 3 is 2.89 bits per heavy atom. The third kappa shape index (κ3) is 3.76. The maximum absolute atomic E-state index is 9.47. The van der Waals surface area contributed by atoms with Crippen LogP contribution in [0.4, 0.5) is 0 Å². The summed E-state index contributed by atoms with van der Waals surface area (Å²) in [5.41, 5.74) is 0. The van der Waals surface area contributed by atoms with Gasteiger partial charge in [0.25, 0.3) is 0 Å². The maximum atomic E-state index is 9.47. The van der Waals surface area contributed by atoms with Crippen molar-refractivity contribution in [3.8, 4) is 0 Å². The number of aromatic nitrogens is 2. The molecule has 0 amide bonds. The first-order chi connectivity index (χ1) is 9.10. The molecule has 108 valence electrons. The van der Waals surface area contributed by atoms with Crippen molar-refractivity contribution in [3.63, 3.8) is 0 Å². The van der Waals surface area contributed by atoms with Gasteiger partial charge in [-0.05, 0) is 25.7 Å². The molecule has 1 saturated heterocycles. The van der Waals surface area contributed by atoms with Gasteiger partial charge in [-0.3, -0.25) is 4.90 Å². The van der Waals surface area contributed by atoms with Crippen LogP contribution >= 0.6 is 0 Å². The Labute approximate surface area is 115 Å². The molecular weight excluding hydrogens is 242 g/mol. The van der Waals surface area contributed by atoms with Crippen molar-refractivity contribution >= 4 is 0 Å². The van der Waals surface area contributed by atoms with Crippen LogP contribution in [0, 0.1) is 5.92 Å². The lowest BCUT2D eigenvalue weighted by Gasteiger charge is -2.38. The molecule has 0 spiro atoms. The Balaban J connectivity index is 2.00. The average Bonchev–Trinajstić information content (AvgIpc) is 2.78. The zero-order valence-electron chi connectivity index (χ0n) is 12.2. The van der Waals surface area contributed by atoms with Gasteiger partial charge < -0.3 is 9.63 Å². The number of hydrogen-bond donors (Lipinski definition) is 1. The summed E-state index contributed by atoms with van der Waals surface area (Å²) in [5.74, 6) is 1.99. The molecule has 1 aliphatic rings. The van der Waals surface area contributed by atoms with Crippen molar-refractivity contribution in [2.75, 3.05) is 6.61 Å². The average molecular weight is 267 g/mol. The quantitative estimate of drug-likeness (QED) is 0.884. The first kappa shape index (κ1) is 14.5. The Morgan fingerprint density at radius 1 is 1.42 bits per heavy atom. The smallest absolute Gasteiger partial charge is 0.240 e. The Kier molecular flexibility index (Phi) is 4.93. The number of likely N-dealkylation sites (tertiary alicyclic amines) is 1. The summed E-state index contributed by atoms with van der Waals surface area (Å²) in [5, 5.41) is 13.5. The second-order valence-electron chi connectivity index (χ2n) is 5.99. The van der Waals surface area contributed by atoms with E-state index < -0.39 is 0 Å². The van der Waals surface area contributed by atoms with E-state index in [9.17, 15) is 5.11 Å². The van der Waals surface area contributed by atoms with E-state index in [4.69, 9.17) is 4.52 Å². The Morgan fingerprint density at radius 2 is 2.21 bits per heavy atom. The minimum Gasteiger partial charge on any atom is -0.395 e. The van der Waals surface area contributed by atoms with E-state index in [1.54, 1.807) is 0 Å². The van der Waals surface area contributed by atoms with Crippen LogP contribution in [-0.2, 0) is 13.0 Å². The minimum atomic E-state index is 0.206. The highest BCUT2D eigenvalue weighted by Crippen LogP contribution is 2.24. The van der Waals surface area contributed by atoms with Gasteiger partial charge in [-0.15, -0.1) is 0 Å². The van der Waals surface area contributed by atoms with Crippen LogP contribution in [0.15, 0.2) is 4.52 Å². The van der Waals surface area contributed by atoms with Gasteiger partial charge in [-0.25, -0.2) is 0 Å². The maximum Gasteiger partial charge on any atom is 0.240 e. The van der Waals surface area contributed by atoms with E-state index in [1.807, 2.05) is 0 Å². The molecule has 0 aromatic carbocycles. The summed E-state index contributed by atoms with van der Waals surface area (Å²) < 4.78 is 5.33. The molecule has 1 aliphatic heterocycles. The van der Waals surface area contributed by atoms with E-state index in [2.05, 4.69) is 35.8 Å². The van der Waals surface area contributed by atoms with Crippen molar-refractivity contribution in [2.45, 2.75) is 65.1 Å². The summed E-state index contributed by atoms with van der Waals surface area (Å²) >= 11 is 0. The minimum absolute atomic E-state index is 0.206. The molecule has 1 aromatic rings. The van der Waals surface area contributed by atoms with Gasteiger partial charge in [-0.2, -0.15) is 4.98 Å². The summed E-state index contributed by atoms with van der Waals surface area (Å²) in [6.45, 7) is 7.34. The fourth-order valence-electron chi connectivity index (χ4n) is 2.78. The van der Waals surface area contributed by atoms with Crippen LogP contribution in [0.3, 0.4) is 0 Å². The molecule has 5 nitrogen and oxygen atoms in total. The Bertz CT molecular complexity index is 392. The lowest BCUT2D eigenvalue weighted by atomic mass is 9.97. The first-order valence-corrected chi connectivity index (χ1v) is 7.28. The normalized spacial score (nSPS) is 25.1. The van der Waals surface area contributed by atoms with Gasteiger partial charge in [0.2, 0.25) is 5.89 Å². The zero-order chi connectivity index (χ0) is 13.8. The fraction of sp³-hybridized carbons (Fsp3) is 0.857. The second-order valence-corrected chi connectivity index (χ2v) is 5.99. The highest BCUT2D eigenvalue weighted by molar-refractivity contribution is 4.90. The zero-order valence-corrected chi connectivity index (χ0v) is 12.2.